The maximum atomic E-state index is 12.6. The number of anilines is 1. The highest BCUT2D eigenvalue weighted by atomic mass is 16.5. The number of hydrogen-bond acceptors (Lipinski definition) is 5. The molecule has 1 saturated heterocycles. The average Bonchev–Trinajstić information content (AvgIpc) is 3.19. The zero-order chi connectivity index (χ0) is 22.4. The average molecular weight is 425 g/mol. The van der Waals surface area contributed by atoms with Crippen molar-refractivity contribution in [1.29, 1.82) is 0 Å². The Morgan fingerprint density at radius 1 is 1.03 bits per heavy atom. The van der Waals surface area contributed by atoms with Crippen LogP contribution in [-0.2, 0) is 20.9 Å². The monoisotopic (exact) mass is 425 g/mol. The predicted molar refractivity (Wildman–Crippen MR) is 116 cm³/mol. The van der Waals surface area contributed by atoms with Crippen molar-refractivity contribution in [3.05, 3.63) is 54.1 Å². The Hall–Kier alpha value is -3.55. The van der Waals surface area contributed by atoms with E-state index < -0.39 is 12.0 Å². The van der Waals surface area contributed by atoms with Crippen LogP contribution in [0.2, 0.25) is 0 Å². The van der Waals surface area contributed by atoms with Gasteiger partial charge in [-0.25, -0.2) is 0 Å². The van der Waals surface area contributed by atoms with E-state index in [4.69, 9.17) is 9.47 Å². The van der Waals surface area contributed by atoms with Gasteiger partial charge in [0.05, 0.1) is 20.1 Å². The Kier molecular flexibility index (Phi) is 7.12. The van der Waals surface area contributed by atoms with E-state index in [-0.39, 0.29) is 30.7 Å². The number of ether oxygens (including phenoxy) is 2. The summed E-state index contributed by atoms with van der Waals surface area (Å²) in [6.07, 6.45) is 0.109. The Bertz CT molecular complexity index is 927. The number of methoxy groups -OCH3 is 2. The summed E-state index contributed by atoms with van der Waals surface area (Å²) < 4.78 is 10.2. The first-order valence-corrected chi connectivity index (χ1v) is 10.1. The quantitative estimate of drug-likeness (QED) is 0.673. The van der Waals surface area contributed by atoms with Crippen molar-refractivity contribution >= 4 is 23.4 Å². The first kappa shape index (κ1) is 22.1. The van der Waals surface area contributed by atoms with Gasteiger partial charge in [0.1, 0.15) is 17.5 Å². The van der Waals surface area contributed by atoms with Crippen molar-refractivity contribution in [3.8, 4) is 11.5 Å². The molecule has 0 radical (unpaired) electrons. The fraction of sp³-hybridized carbons (Fsp3) is 0.348. The number of amides is 3. The smallest absolute Gasteiger partial charge is 0.242 e. The first-order valence-electron chi connectivity index (χ1n) is 10.1. The highest BCUT2D eigenvalue weighted by Gasteiger charge is 2.36. The molecule has 0 bridgehead atoms. The molecule has 2 aromatic rings. The molecule has 1 heterocycles. The minimum Gasteiger partial charge on any atom is -0.497 e. The zero-order valence-corrected chi connectivity index (χ0v) is 17.9. The summed E-state index contributed by atoms with van der Waals surface area (Å²) >= 11 is 0. The molecule has 3 rings (SSSR count). The number of rotatable bonds is 8. The van der Waals surface area contributed by atoms with Crippen LogP contribution in [0.4, 0.5) is 5.69 Å². The third kappa shape index (κ3) is 5.53. The van der Waals surface area contributed by atoms with E-state index in [1.807, 2.05) is 24.3 Å². The van der Waals surface area contributed by atoms with E-state index in [2.05, 4.69) is 10.6 Å². The highest BCUT2D eigenvalue weighted by Crippen LogP contribution is 2.27. The summed E-state index contributed by atoms with van der Waals surface area (Å²) in [4.78, 5) is 39.0. The second kappa shape index (κ2) is 9.97. The van der Waals surface area contributed by atoms with Crippen molar-refractivity contribution in [3.63, 3.8) is 0 Å². The van der Waals surface area contributed by atoms with Crippen LogP contribution in [0.25, 0.3) is 0 Å². The molecule has 1 aliphatic heterocycles. The Balaban J connectivity index is 1.50. The van der Waals surface area contributed by atoms with Gasteiger partial charge < -0.3 is 25.0 Å². The molecule has 2 aromatic carbocycles. The van der Waals surface area contributed by atoms with E-state index >= 15 is 0 Å². The number of hydrogen-bond donors (Lipinski definition) is 2. The van der Waals surface area contributed by atoms with Gasteiger partial charge in [-0.3, -0.25) is 14.4 Å². The van der Waals surface area contributed by atoms with Gasteiger partial charge in [0.2, 0.25) is 17.7 Å². The maximum Gasteiger partial charge on any atom is 0.242 e. The standard InChI is InChI=1S/C23H27N3O5/c1-15(22(28)24-13-16-4-8-19(30-2)9-5-16)25-23(29)17-12-21(27)26(14-17)18-6-10-20(31-3)11-7-18/h4-11,15,17H,12-14H2,1-3H3,(H,24,28)(H,25,29)/t15-,17-/m0/s1. The zero-order valence-electron chi connectivity index (χ0n) is 17.9. The van der Waals surface area contributed by atoms with E-state index in [1.54, 1.807) is 50.3 Å². The highest BCUT2D eigenvalue weighted by molar-refractivity contribution is 6.01. The minimum absolute atomic E-state index is 0.109. The molecule has 3 amide bonds. The summed E-state index contributed by atoms with van der Waals surface area (Å²) in [6, 6.07) is 13.8. The molecule has 0 saturated carbocycles. The Morgan fingerprint density at radius 2 is 1.61 bits per heavy atom. The Morgan fingerprint density at radius 3 is 2.19 bits per heavy atom. The van der Waals surface area contributed by atoms with Crippen molar-refractivity contribution in [2.45, 2.75) is 25.9 Å². The SMILES string of the molecule is COc1ccc(CNC(=O)[C@H](C)NC(=O)[C@H]2CC(=O)N(c3ccc(OC)cc3)C2)cc1. The van der Waals surface area contributed by atoms with Gasteiger partial charge >= 0.3 is 0 Å². The van der Waals surface area contributed by atoms with Gasteiger partial charge in [0.25, 0.3) is 0 Å². The molecule has 164 valence electrons. The molecule has 8 nitrogen and oxygen atoms in total. The second-order valence-corrected chi connectivity index (χ2v) is 7.40. The fourth-order valence-corrected chi connectivity index (χ4v) is 3.38. The molecular weight excluding hydrogens is 398 g/mol. The molecule has 2 atom stereocenters. The van der Waals surface area contributed by atoms with Gasteiger partial charge in [0.15, 0.2) is 0 Å². The van der Waals surface area contributed by atoms with E-state index in [0.29, 0.717) is 18.0 Å². The van der Waals surface area contributed by atoms with Gasteiger partial charge in [0, 0.05) is 25.2 Å². The lowest BCUT2D eigenvalue weighted by Crippen LogP contribution is -2.46. The summed E-state index contributed by atoms with van der Waals surface area (Å²) in [5.41, 5.74) is 1.63. The van der Waals surface area contributed by atoms with Crippen molar-refractivity contribution < 1.29 is 23.9 Å². The van der Waals surface area contributed by atoms with Gasteiger partial charge in [-0.15, -0.1) is 0 Å². The van der Waals surface area contributed by atoms with Crippen LogP contribution in [0.5, 0.6) is 11.5 Å². The second-order valence-electron chi connectivity index (χ2n) is 7.40. The van der Waals surface area contributed by atoms with Crippen LogP contribution < -0.4 is 25.0 Å². The van der Waals surface area contributed by atoms with Crippen LogP contribution in [0, 0.1) is 5.92 Å². The van der Waals surface area contributed by atoms with Crippen molar-refractivity contribution in [2.75, 3.05) is 25.7 Å². The van der Waals surface area contributed by atoms with E-state index in [9.17, 15) is 14.4 Å². The lowest BCUT2D eigenvalue weighted by molar-refractivity contribution is -0.131. The molecule has 31 heavy (non-hydrogen) atoms. The third-order valence-electron chi connectivity index (χ3n) is 5.26. The summed E-state index contributed by atoms with van der Waals surface area (Å²) in [5.74, 6) is 0.204. The minimum atomic E-state index is -0.712. The maximum absolute atomic E-state index is 12.6. The van der Waals surface area contributed by atoms with Crippen LogP contribution >= 0.6 is 0 Å². The lowest BCUT2D eigenvalue weighted by atomic mass is 10.1. The molecule has 1 aliphatic rings. The summed E-state index contributed by atoms with van der Waals surface area (Å²) in [5, 5.41) is 5.52. The van der Waals surface area contributed by atoms with Gasteiger partial charge in [-0.05, 0) is 48.9 Å². The van der Waals surface area contributed by atoms with Crippen LogP contribution in [-0.4, -0.2) is 44.5 Å². The molecular formula is C23H27N3O5. The molecule has 1 fully saturated rings. The number of nitrogens with one attached hydrogen (secondary N) is 2. The molecule has 0 aliphatic carbocycles. The normalized spacial score (nSPS) is 16.5. The lowest BCUT2D eigenvalue weighted by Gasteiger charge is -2.18. The van der Waals surface area contributed by atoms with Crippen LogP contribution in [0.15, 0.2) is 48.5 Å². The number of carbonyl (C=O) groups is 3. The summed E-state index contributed by atoms with van der Waals surface area (Å²) in [7, 11) is 3.17. The number of benzene rings is 2. The summed E-state index contributed by atoms with van der Waals surface area (Å²) in [6.45, 7) is 2.24. The predicted octanol–water partition coefficient (Wildman–Crippen LogP) is 1.88. The number of nitrogens with zero attached hydrogens (tertiary/aromatic N) is 1. The molecule has 0 aromatic heterocycles. The van der Waals surface area contributed by atoms with Gasteiger partial charge in [-0.1, -0.05) is 12.1 Å². The third-order valence-corrected chi connectivity index (χ3v) is 5.26. The van der Waals surface area contributed by atoms with Crippen LogP contribution in [0.3, 0.4) is 0 Å². The Labute approximate surface area is 181 Å². The van der Waals surface area contributed by atoms with E-state index in [1.165, 1.54) is 0 Å². The first-order chi connectivity index (χ1) is 14.9. The molecule has 0 unspecified atom stereocenters. The van der Waals surface area contributed by atoms with Crippen molar-refractivity contribution in [1.82, 2.24) is 10.6 Å². The largest absolute Gasteiger partial charge is 0.497 e. The molecule has 2 N–H and O–H groups in total. The fourth-order valence-electron chi connectivity index (χ4n) is 3.38. The number of carbonyl (C=O) groups excluding carboxylic acids is 3. The topological polar surface area (TPSA) is 97.0 Å². The van der Waals surface area contributed by atoms with Crippen molar-refractivity contribution in [2.24, 2.45) is 5.92 Å². The van der Waals surface area contributed by atoms with Crippen LogP contribution in [0.1, 0.15) is 18.9 Å². The molecule has 0 spiro atoms. The molecule has 8 heteroatoms. The van der Waals surface area contributed by atoms with Gasteiger partial charge in [-0.2, -0.15) is 0 Å². The van der Waals surface area contributed by atoms with E-state index in [0.717, 1.165) is 11.3 Å².